The smallest absolute Gasteiger partial charge is 0.326 e. The Morgan fingerprint density at radius 1 is 1.39 bits per heavy atom. The van der Waals surface area contributed by atoms with Gasteiger partial charge in [0.25, 0.3) is 0 Å². The SMILES string of the molecule is Cc1cc(CN)ccc1-c1cnn(C(F)F)c1.Cl. The first-order valence-electron chi connectivity index (χ1n) is 5.24. The van der Waals surface area contributed by atoms with Crippen molar-refractivity contribution in [2.75, 3.05) is 0 Å². The summed E-state index contributed by atoms with van der Waals surface area (Å²) in [7, 11) is 0. The van der Waals surface area contributed by atoms with Gasteiger partial charge in [-0.15, -0.1) is 12.4 Å². The van der Waals surface area contributed by atoms with Gasteiger partial charge in [-0.25, -0.2) is 4.68 Å². The van der Waals surface area contributed by atoms with Crippen molar-refractivity contribution in [3.63, 3.8) is 0 Å². The molecule has 0 saturated heterocycles. The maximum absolute atomic E-state index is 12.4. The normalized spacial score (nSPS) is 10.5. The molecule has 1 aromatic carbocycles. The molecule has 1 aromatic heterocycles. The van der Waals surface area contributed by atoms with Crippen LogP contribution in [0.2, 0.25) is 0 Å². The Morgan fingerprint density at radius 3 is 2.61 bits per heavy atom. The maximum Gasteiger partial charge on any atom is 0.333 e. The van der Waals surface area contributed by atoms with Crippen LogP contribution in [-0.4, -0.2) is 9.78 Å². The van der Waals surface area contributed by atoms with Crippen LogP contribution in [0.5, 0.6) is 0 Å². The third-order valence-electron chi connectivity index (χ3n) is 2.64. The molecule has 0 atom stereocenters. The summed E-state index contributed by atoms with van der Waals surface area (Å²) < 4.78 is 25.4. The van der Waals surface area contributed by atoms with Crippen LogP contribution in [0.4, 0.5) is 8.78 Å². The quantitative estimate of drug-likeness (QED) is 0.934. The van der Waals surface area contributed by atoms with Crippen molar-refractivity contribution < 1.29 is 8.78 Å². The van der Waals surface area contributed by atoms with Crippen LogP contribution < -0.4 is 5.73 Å². The van der Waals surface area contributed by atoms with Gasteiger partial charge in [0.2, 0.25) is 0 Å². The highest BCUT2D eigenvalue weighted by Gasteiger charge is 2.10. The lowest BCUT2D eigenvalue weighted by Crippen LogP contribution is -1.97. The van der Waals surface area contributed by atoms with Gasteiger partial charge in [0, 0.05) is 18.3 Å². The lowest BCUT2D eigenvalue weighted by Gasteiger charge is -2.05. The van der Waals surface area contributed by atoms with Crippen LogP contribution in [0.15, 0.2) is 30.6 Å². The van der Waals surface area contributed by atoms with Crippen LogP contribution in [0.25, 0.3) is 11.1 Å². The van der Waals surface area contributed by atoms with E-state index in [0.717, 1.165) is 16.7 Å². The van der Waals surface area contributed by atoms with Crippen molar-refractivity contribution in [2.45, 2.75) is 20.0 Å². The van der Waals surface area contributed by atoms with E-state index in [-0.39, 0.29) is 12.4 Å². The van der Waals surface area contributed by atoms with Gasteiger partial charge in [-0.1, -0.05) is 18.2 Å². The molecule has 1 heterocycles. The molecule has 0 fully saturated rings. The highest BCUT2D eigenvalue weighted by atomic mass is 35.5. The van der Waals surface area contributed by atoms with Crippen LogP contribution >= 0.6 is 12.4 Å². The second-order valence-corrected chi connectivity index (χ2v) is 3.84. The van der Waals surface area contributed by atoms with Crippen molar-refractivity contribution in [3.8, 4) is 11.1 Å². The third-order valence-corrected chi connectivity index (χ3v) is 2.64. The summed E-state index contributed by atoms with van der Waals surface area (Å²) in [4.78, 5) is 0. The first-order valence-corrected chi connectivity index (χ1v) is 5.24. The van der Waals surface area contributed by atoms with E-state index in [1.807, 2.05) is 25.1 Å². The molecule has 98 valence electrons. The number of halogens is 3. The molecule has 0 unspecified atom stereocenters. The summed E-state index contributed by atoms with van der Waals surface area (Å²) in [5.74, 6) is 0. The summed E-state index contributed by atoms with van der Waals surface area (Å²) in [6.07, 6.45) is 2.78. The van der Waals surface area contributed by atoms with Crippen molar-refractivity contribution in [2.24, 2.45) is 5.73 Å². The van der Waals surface area contributed by atoms with Gasteiger partial charge in [-0.3, -0.25) is 0 Å². The molecule has 0 aliphatic heterocycles. The van der Waals surface area contributed by atoms with Crippen molar-refractivity contribution >= 4 is 12.4 Å². The molecular formula is C12H14ClF2N3. The fourth-order valence-electron chi connectivity index (χ4n) is 1.76. The summed E-state index contributed by atoms with van der Waals surface area (Å²) in [5, 5.41) is 3.62. The van der Waals surface area contributed by atoms with Gasteiger partial charge in [0.15, 0.2) is 0 Å². The van der Waals surface area contributed by atoms with Crippen LogP contribution in [0, 0.1) is 6.92 Å². The molecule has 6 heteroatoms. The summed E-state index contributed by atoms with van der Waals surface area (Å²) >= 11 is 0. The molecule has 3 nitrogen and oxygen atoms in total. The number of nitrogens with two attached hydrogens (primary N) is 1. The Labute approximate surface area is 110 Å². The zero-order valence-electron chi connectivity index (χ0n) is 9.81. The molecule has 0 radical (unpaired) electrons. The Balaban J connectivity index is 0.00000162. The molecule has 0 bridgehead atoms. The van der Waals surface area contributed by atoms with E-state index in [2.05, 4.69) is 5.10 Å². The highest BCUT2D eigenvalue weighted by molar-refractivity contribution is 5.85. The molecule has 0 aliphatic rings. The number of benzene rings is 1. The minimum Gasteiger partial charge on any atom is -0.326 e. The highest BCUT2D eigenvalue weighted by Crippen LogP contribution is 2.25. The molecule has 0 spiro atoms. The zero-order chi connectivity index (χ0) is 12.4. The van der Waals surface area contributed by atoms with Crippen molar-refractivity contribution in [3.05, 3.63) is 41.7 Å². The molecular weight excluding hydrogens is 260 g/mol. The molecule has 2 N–H and O–H groups in total. The van der Waals surface area contributed by atoms with E-state index < -0.39 is 6.55 Å². The largest absolute Gasteiger partial charge is 0.333 e. The average Bonchev–Trinajstić information content (AvgIpc) is 2.78. The van der Waals surface area contributed by atoms with Crippen LogP contribution in [0.1, 0.15) is 17.7 Å². The standard InChI is InChI=1S/C12H13F2N3.ClH/c1-8-4-9(5-15)2-3-11(8)10-6-16-17(7-10)12(13)14;/h2-4,6-7,12H,5,15H2,1H3;1H. The van der Waals surface area contributed by atoms with Crippen LogP contribution in [-0.2, 0) is 6.54 Å². The van der Waals surface area contributed by atoms with Crippen molar-refractivity contribution in [1.29, 1.82) is 0 Å². The number of rotatable bonds is 3. The number of alkyl halides is 2. The van der Waals surface area contributed by atoms with E-state index in [4.69, 9.17) is 5.73 Å². The van der Waals surface area contributed by atoms with E-state index in [0.29, 0.717) is 16.8 Å². The topological polar surface area (TPSA) is 43.8 Å². The molecule has 0 saturated carbocycles. The average molecular weight is 274 g/mol. The molecule has 0 amide bonds. The van der Waals surface area contributed by atoms with E-state index >= 15 is 0 Å². The number of hydrogen-bond donors (Lipinski definition) is 1. The molecule has 2 aromatic rings. The third kappa shape index (κ3) is 2.86. The van der Waals surface area contributed by atoms with Crippen molar-refractivity contribution in [1.82, 2.24) is 9.78 Å². The van der Waals surface area contributed by atoms with Gasteiger partial charge < -0.3 is 5.73 Å². The first kappa shape index (κ1) is 14.6. The minimum absolute atomic E-state index is 0. The Morgan fingerprint density at radius 2 is 2.11 bits per heavy atom. The minimum atomic E-state index is -2.60. The number of nitrogens with zero attached hydrogens (tertiary/aromatic N) is 2. The fourth-order valence-corrected chi connectivity index (χ4v) is 1.76. The zero-order valence-corrected chi connectivity index (χ0v) is 10.6. The summed E-state index contributed by atoms with van der Waals surface area (Å²) in [6, 6.07) is 5.72. The number of hydrogen-bond acceptors (Lipinski definition) is 2. The predicted octanol–water partition coefficient (Wildman–Crippen LogP) is 3.13. The molecule has 18 heavy (non-hydrogen) atoms. The summed E-state index contributed by atoms with van der Waals surface area (Å²) in [6.45, 7) is -0.210. The van der Waals surface area contributed by atoms with E-state index in [1.54, 1.807) is 0 Å². The van der Waals surface area contributed by atoms with Gasteiger partial charge in [-0.2, -0.15) is 13.9 Å². The second-order valence-electron chi connectivity index (χ2n) is 3.84. The van der Waals surface area contributed by atoms with E-state index in [9.17, 15) is 8.78 Å². The van der Waals surface area contributed by atoms with Gasteiger partial charge in [0.1, 0.15) is 0 Å². The van der Waals surface area contributed by atoms with Gasteiger partial charge >= 0.3 is 6.55 Å². The first-order chi connectivity index (χ1) is 8.11. The number of aryl methyl sites for hydroxylation is 1. The lowest BCUT2D eigenvalue weighted by atomic mass is 10.0. The molecule has 2 rings (SSSR count). The van der Waals surface area contributed by atoms with Crippen LogP contribution in [0.3, 0.4) is 0 Å². The Kier molecular flexibility index (Phi) is 4.81. The second kappa shape index (κ2) is 5.93. The predicted molar refractivity (Wildman–Crippen MR) is 68.8 cm³/mol. The Hall–Kier alpha value is -1.46. The molecule has 0 aliphatic carbocycles. The van der Waals surface area contributed by atoms with Gasteiger partial charge in [0.05, 0.1) is 6.20 Å². The Bertz CT molecular complexity index is 526. The van der Waals surface area contributed by atoms with Gasteiger partial charge in [-0.05, 0) is 23.6 Å². The maximum atomic E-state index is 12.4. The van der Waals surface area contributed by atoms with E-state index in [1.165, 1.54) is 12.4 Å². The summed E-state index contributed by atoms with van der Waals surface area (Å²) in [5.41, 5.74) is 9.14. The number of aromatic nitrogens is 2. The fraction of sp³-hybridized carbons (Fsp3) is 0.250. The monoisotopic (exact) mass is 273 g/mol. The lowest BCUT2D eigenvalue weighted by molar-refractivity contribution is 0.0566.